The molecule has 0 saturated heterocycles. The van der Waals surface area contributed by atoms with Crippen LogP contribution in [0.4, 0.5) is 4.39 Å². The van der Waals surface area contributed by atoms with Gasteiger partial charge in [-0.1, -0.05) is 0 Å². The van der Waals surface area contributed by atoms with Crippen molar-refractivity contribution in [1.29, 1.82) is 0 Å². The van der Waals surface area contributed by atoms with Gasteiger partial charge in [0, 0.05) is 18.0 Å². The predicted molar refractivity (Wildman–Crippen MR) is 58.3 cm³/mol. The highest BCUT2D eigenvalue weighted by Gasteiger charge is 2.12. The van der Waals surface area contributed by atoms with E-state index in [9.17, 15) is 9.18 Å². The Morgan fingerprint density at radius 1 is 1.44 bits per heavy atom. The zero-order valence-electron chi connectivity index (χ0n) is 9.07. The maximum atomic E-state index is 13.4. The van der Waals surface area contributed by atoms with Crippen LogP contribution in [0.1, 0.15) is 22.8 Å². The molecule has 1 heterocycles. The molecule has 0 N–H and O–H groups in total. The lowest BCUT2D eigenvalue weighted by molar-refractivity contribution is 0.101. The Labute approximate surface area is 92.5 Å². The van der Waals surface area contributed by atoms with Gasteiger partial charge in [0.1, 0.15) is 5.82 Å². The summed E-state index contributed by atoms with van der Waals surface area (Å²) in [4.78, 5) is 15.3. The second-order valence-corrected chi connectivity index (χ2v) is 3.64. The van der Waals surface area contributed by atoms with Gasteiger partial charge in [0.25, 0.3) is 0 Å². The monoisotopic (exact) mass is 218 g/mol. The molecule has 1 aromatic carbocycles. The molecule has 0 aliphatic carbocycles. The third kappa shape index (κ3) is 1.74. The van der Waals surface area contributed by atoms with Crippen molar-refractivity contribution in [3.8, 4) is 5.69 Å². The first kappa shape index (κ1) is 10.5. The van der Waals surface area contributed by atoms with Crippen LogP contribution in [0, 0.1) is 12.7 Å². The number of carbonyl (C=O) groups excluding carboxylic acids is 1. The summed E-state index contributed by atoms with van der Waals surface area (Å²) in [6.45, 7) is 3.09. The molecule has 0 aliphatic heterocycles. The number of imidazole rings is 1. The van der Waals surface area contributed by atoms with Crippen LogP contribution in [0.25, 0.3) is 5.69 Å². The maximum Gasteiger partial charge on any atom is 0.162 e. The smallest absolute Gasteiger partial charge is 0.162 e. The molecule has 0 aliphatic rings. The van der Waals surface area contributed by atoms with Crippen molar-refractivity contribution in [2.75, 3.05) is 0 Å². The highest BCUT2D eigenvalue weighted by atomic mass is 19.1. The molecule has 1 aromatic heterocycles. The number of aryl methyl sites for hydroxylation is 1. The SMILES string of the molecule is CC(=O)c1cc(F)c(C)cc1-n1ccnc1. The summed E-state index contributed by atoms with van der Waals surface area (Å²) < 4.78 is 15.1. The second kappa shape index (κ2) is 3.89. The van der Waals surface area contributed by atoms with Crippen molar-refractivity contribution in [3.05, 3.63) is 47.8 Å². The van der Waals surface area contributed by atoms with Crippen molar-refractivity contribution in [2.45, 2.75) is 13.8 Å². The van der Waals surface area contributed by atoms with Gasteiger partial charge in [0.15, 0.2) is 5.78 Å². The second-order valence-electron chi connectivity index (χ2n) is 3.64. The Kier molecular flexibility index (Phi) is 2.56. The Morgan fingerprint density at radius 3 is 2.75 bits per heavy atom. The van der Waals surface area contributed by atoms with Crippen molar-refractivity contribution in [3.63, 3.8) is 0 Å². The lowest BCUT2D eigenvalue weighted by atomic mass is 10.1. The number of nitrogens with zero attached hydrogens (tertiary/aromatic N) is 2. The van der Waals surface area contributed by atoms with Crippen molar-refractivity contribution < 1.29 is 9.18 Å². The van der Waals surface area contributed by atoms with Gasteiger partial charge < -0.3 is 4.57 Å². The number of hydrogen-bond donors (Lipinski definition) is 0. The Hall–Kier alpha value is -1.97. The summed E-state index contributed by atoms with van der Waals surface area (Å²) in [5.41, 5.74) is 1.53. The minimum atomic E-state index is -0.367. The first-order valence-corrected chi connectivity index (χ1v) is 4.89. The first-order valence-electron chi connectivity index (χ1n) is 4.89. The molecule has 2 aromatic rings. The highest BCUT2D eigenvalue weighted by Crippen LogP contribution is 2.19. The van der Waals surface area contributed by atoms with Crippen LogP contribution in [0.5, 0.6) is 0 Å². The Bertz CT molecular complexity index is 532. The average Bonchev–Trinajstić information content (AvgIpc) is 2.74. The van der Waals surface area contributed by atoms with E-state index < -0.39 is 0 Å². The summed E-state index contributed by atoms with van der Waals surface area (Å²) >= 11 is 0. The quantitative estimate of drug-likeness (QED) is 0.726. The van der Waals surface area contributed by atoms with Crippen LogP contribution in [0.2, 0.25) is 0 Å². The molecule has 16 heavy (non-hydrogen) atoms. The van der Waals surface area contributed by atoms with Crippen LogP contribution in [0.3, 0.4) is 0 Å². The fourth-order valence-electron chi connectivity index (χ4n) is 1.56. The summed E-state index contributed by atoms with van der Waals surface area (Å²) in [6, 6.07) is 2.92. The van der Waals surface area contributed by atoms with Gasteiger partial charge in [-0.15, -0.1) is 0 Å². The van der Waals surface area contributed by atoms with E-state index in [1.54, 1.807) is 36.3 Å². The van der Waals surface area contributed by atoms with E-state index in [4.69, 9.17) is 0 Å². The third-order valence-corrected chi connectivity index (χ3v) is 2.44. The Balaban J connectivity index is 2.68. The molecule has 4 heteroatoms. The predicted octanol–water partition coefficient (Wildman–Crippen LogP) is 2.52. The van der Waals surface area contributed by atoms with Crippen molar-refractivity contribution in [1.82, 2.24) is 9.55 Å². The van der Waals surface area contributed by atoms with E-state index in [1.165, 1.54) is 13.0 Å². The Morgan fingerprint density at radius 2 is 2.19 bits per heavy atom. The average molecular weight is 218 g/mol. The number of hydrogen-bond acceptors (Lipinski definition) is 2. The lowest BCUT2D eigenvalue weighted by Gasteiger charge is -2.09. The van der Waals surface area contributed by atoms with E-state index in [0.717, 1.165) is 0 Å². The van der Waals surface area contributed by atoms with Gasteiger partial charge in [-0.25, -0.2) is 9.37 Å². The number of benzene rings is 1. The molecule has 2 rings (SSSR count). The van der Waals surface area contributed by atoms with Crippen LogP contribution in [-0.2, 0) is 0 Å². The molecule has 82 valence electrons. The number of aromatic nitrogens is 2. The molecule has 0 radical (unpaired) electrons. The number of halogens is 1. The number of carbonyl (C=O) groups is 1. The van der Waals surface area contributed by atoms with E-state index in [1.807, 2.05) is 0 Å². The summed E-state index contributed by atoms with van der Waals surface area (Å²) in [5, 5.41) is 0. The van der Waals surface area contributed by atoms with Crippen LogP contribution in [0.15, 0.2) is 30.9 Å². The maximum absolute atomic E-state index is 13.4. The minimum absolute atomic E-state index is 0.164. The molecular weight excluding hydrogens is 207 g/mol. The van der Waals surface area contributed by atoms with Gasteiger partial charge in [0.05, 0.1) is 12.0 Å². The van der Waals surface area contributed by atoms with Gasteiger partial charge in [-0.3, -0.25) is 4.79 Å². The first-order chi connectivity index (χ1) is 7.59. The highest BCUT2D eigenvalue weighted by molar-refractivity contribution is 5.97. The van der Waals surface area contributed by atoms with Crippen molar-refractivity contribution in [2.24, 2.45) is 0 Å². The van der Waals surface area contributed by atoms with Gasteiger partial charge in [0.2, 0.25) is 0 Å². The summed E-state index contributed by atoms with van der Waals surface area (Å²) in [7, 11) is 0. The van der Waals surface area contributed by atoms with E-state index in [-0.39, 0.29) is 11.6 Å². The molecule has 0 spiro atoms. The van der Waals surface area contributed by atoms with Gasteiger partial charge >= 0.3 is 0 Å². The van der Waals surface area contributed by atoms with Crippen LogP contribution in [-0.4, -0.2) is 15.3 Å². The molecule has 0 amide bonds. The number of Topliss-reactive ketones (excluding diaryl/α,β-unsaturated/α-hetero) is 1. The van der Waals surface area contributed by atoms with Gasteiger partial charge in [-0.05, 0) is 31.5 Å². The number of ketones is 1. The zero-order valence-corrected chi connectivity index (χ0v) is 9.07. The fraction of sp³-hybridized carbons (Fsp3) is 0.167. The van der Waals surface area contributed by atoms with E-state index >= 15 is 0 Å². The molecular formula is C12H11FN2O. The van der Waals surface area contributed by atoms with Crippen LogP contribution < -0.4 is 0 Å². The summed E-state index contributed by atoms with van der Waals surface area (Å²) in [5.74, 6) is -0.531. The minimum Gasteiger partial charge on any atom is -0.306 e. The van der Waals surface area contributed by atoms with E-state index in [0.29, 0.717) is 16.8 Å². The van der Waals surface area contributed by atoms with Crippen LogP contribution >= 0.6 is 0 Å². The molecule has 0 unspecified atom stereocenters. The normalized spacial score (nSPS) is 10.4. The third-order valence-electron chi connectivity index (χ3n) is 2.44. The standard InChI is InChI=1S/C12H11FN2O/c1-8-5-12(15-4-3-14-7-15)10(9(2)16)6-11(8)13/h3-7H,1-2H3. The summed E-state index contributed by atoms with van der Waals surface area (Å²) in [6.07, 6.45) is 4.92. The fourth-order valence-corrected chi connectivity index (χ4v) is 1.56. The molecule has 0 atom stereocenters. The van der Waals surface area contributed by atoms with Gasteiger partial charge in [-0.2, -0.15) is 0 Å². The molecule has 0 fully saturated rings. The molecule has 3 nitrogen and oxygen atoms in total. The largest absolute Gasteiger partial charge is 0.306 e. The lowest BCUT2D eigenvalue weighted by Crippen LogP contribution is -2.04. The molecule has 0 bridgehead atoms. The zero-order chi connectivity index (χ0) is 11.7. The van der Waals surface area contributed by atoms with E-state index in [2.05, 4.69) is 4.98 Å². The number of rotatable bonds is 2. The molecule has 0 saturated carbocycles. The topological polar surface area (TPSA) is 34.9 Å². The van der Waals surface area contributed by atoms with Crippen molar-refractivity contribution >= 4 is 5.78 Å².